The first kappa shape index (κ1) is 10.6. The van der Waals surface area contributed by atoms with Crippen molar-refractivity contribution in [2.24, 2.45) is 0 Å². The number of thioether (sulfide) groups is 1. The average molecular weight is 237 g/mol. The third-order valence-corrected chi connectivity index (χ3v) is 3.80. The highest BCUT2D eigenvalue weighted by Gasteiger charge is 2.35. The molecule has 0 aliphatic carbocycles. The predicted molar refractivity (Wildman–Crippen MR) is 68.3 cm³/mol. The van der Waals surface area contributed by atoms with Gasteiger partial charge in [0.25, 0.3) is 0 Å². The minimum Gasteiger partial charge on any atom is -0.273 e. The molecule has 0 unspecified atom stereocenters. The Labute approximate surface area is 98.7 Å². The van der Waals surface area contributed by atoms with Crippen molar-refractivity contribution in [1.82, 2.24) is 0 Å². The van der Waals surface area contributed by atoms with Crippen LogP contribution in [-0.4, -0.2) is 15.5 Å². The largest absolute Gasteiger partial charge is 0.273 e. The third-order valence-electron chi connectivity index (χ3n) is 2.38. The molecular weight excluding hydrogens is 226 g/mol. The van der Waals surface area contributed by atoms with Gasteiger partial charge in [0.15, 0.2) is 0 Å². The maximum Gasteiger partial charge on any atom is 0.245 e. The van der Waals surface area contributed by atoms with Gasteiger partial charge in [0.05, 0.1) is 10.9 Å². The first-order chi connectivity index (χ1) is 7.11. The number of carbonyl (C=O) groups is 1. The second kappa shape index (κ2) is 3.94. The number of carbonyl (C=O) groups excluding carboxylic acids is 1. The van der Waals surface area contributed by atoms with Crippen LogP contribution in [-0.2, 0) is 4.79 Å². The Morgan fingerprint density at radius 2 is 2.07 bits per heavy atom. The molecule has 1 aliphatic heterocycles. The number of hydrogen-bond donors (Lipinski definition) is 0. The third kappa shape index (κ3) is 1.79. The fourth-order valence-corrected chi connectivity index (χ4v) is 2.98. The van der Waals surface area contributed by atoms with Crippen LogP contribution in [0.3, 0.4) is 0 Å². The van der Waals surface area contributed by atoms with Gasteiger partial charge >= 0.3 is 0 Å². The van der Waals surface area contributed by atoms with Crippen LogP contribution >= 0.6 is 24.0 Å². The highest BCUT2D eigenvalue weighted by atomic mass is 32.2. The summed E-state index contributed by atoms with van der Waals surface area (Å²) in [6.07, 6.45) is 0. The second-order valence-electron chi connectivity index (χ2n) is 3.49. The van der Waals surface area contributed by atoms with Crippen molar-refractivity contribution in [3.63, 3.8) is 0 Å². The van der Waals surface area contributed by atoms with Crippen LogP contribution in [0.2, 0.25) is 0 Å². The van der Waals surface area contributed by atoms with E-state index in [1.54, 1.807) is 4.90 Å². The number of amides is 1. The summed E-state index contributed by atoms with van der Waals surface area (Å²) in [5.41, 5.74) is 1.98. The standard InChI is InChI=1S/C11H11NOS2/c1-7-5-3-4-6-9(7)12-10(13)8(2)15-11(12)14/h3-6,8H,1-2H3/t8-/m0/s1. The number of para-hydroxylation sites is 1. The fourth-order valence-electron chi connectivity index (χ4n) is 1.56. The topological polar surface area (TPSA) is 20.3 Å². The SMILES string of the molecule is Cc1ccccc1N1C(=O)[C@H](C)SC1=S. The van der Waals surface area contributed by atoms with Crippen molar-refractivity contribution in [2.75, 3.05) is 4.90 Å². The molecule has 0 radical (unpaired) electrons. The normalized spacial score (nSPS) is 21.2. The average Bonchev–Trinajstić information content (AvgIpc) is 2.43. The summed E-state index contributed by atoms with van der Waals surface area (Å²) in [5, 5.41) is -0.0582. The van der Waals surface area contributed by atoms with Crippen LogP contribution in [0.25, 0.3) is 0 Å². The Morgan fingerprint density at radius 3 is 2.60 bits per heavy atom. The summed E-state index contributed by atoms with van der Waals surface area (Å²) in [5.74, 6) is 0.0827. The van der Waals surface area contributed by atoms with Gasteiger partial charge in [0, 0.05) is 0 Å². The summed E-state index contributed by atoms with van der Waals surface area (Å²) < 4.78 is 0.654. The molecule has 2 nitrogen and oxygen atoms in total. The first-order valence-electron chi connectivity index (χ1n) is 4.71. The summed E-state index contributed by atoms with van der Waals surface area (Å²) >= 11 is 6.65. The highest BCUT2D eigenvalue weighted by molar-refractivity contribution is 8.25. The second-order valence-corrected chi connectivity index (χ2v) is 5.46. The van der Waals surface area contributed by atoms with Crippen LogP contribution in [0.5, 0.6) is 0 Å². The zero-order valence-electron chi connectivity index (χ0n) is 8.56. The van der Waals surface area contributed by atoms with Gasteiger partial charge in [-0.2, -0.15) is 0 Å². The van der Waals surface area contributed by atoms with Gasteiger partial charge in [-0.25, -0.2) is 0 Å². The molecule has 1 aromatic carbocycles. The van der Waals surface area contributed by atoms with E-state index in [1.807, 2.05) is 38.1 Å². The number of thiocarbonyl (C=S) groups is 1. The van der Waals surface area contributed by atoms with E-state index < -0.39 is 0 Å². The lowest BCUT2D eigenvalue weighted by molar-refractivity contribution is -0.116. The van der Waals surface area contributed by atoms with E-state index in [-0.39, 0.29) is 11.2 Å². The molecule has 1 amide bonds. The Bertz CT molecular complexity index is 430. The molecule has 1 aliphatic rings. The van der Waals surface area contributed by atoms with E-state index in [1.165, 1.54) is 11.8 Å². The Balaban J connectivity index is 2.44. The minimum absolute atomic E-state index is 0.0582. The van der Waals surface area contributed by atoms with Crippen LogP contribution < -0.4 is 4.90 Å². The Morgan fingerprint density at radius 1 is 1.40 bits per heavy atom. The summed E-state index contributed by atoms with van der Waals surface area (Å²) in [6.45, 7) is 3.87. The zero-order valence-corrected chi connectivity index (χ0v) is 10.2. The molecule has 78 valence electrons. The van der Waals surface area contributed by atoms with Gasteiger partial charge in [-0.05, 0) is 25.5 Å². The Hall–Kier alpha value is -0.870. The molecule has 0 bridgehead atoms. The summed E-state index contributed by atoms with van der Waals surface area (Å²) in [4.78, 5) is 13.5. The van der Waals surface area contributed by atoms with Crippen molar-refractivity contribution < 1.29 is 4.79 Å². The smallest absolute Gasteiger partial charge is 0.245 e. The van der Waals surface area contributed by atoms with Gasteiger partial charge in [0.2, 0.25) is 5.91 Å². The van der Waals surface area contributed by atoms with E-state index in [9.17, 15) is 4.79 Å². The van der Waals surface area contributed by atoms with Crippen molar-refractivity contribution >= 4 is 39.9 Å². The molecule has 0 spiro atoms. The molecule has 0 aromatic heterocycles. The van der Waals surface area contributed by atoms with Crippen molar-refractivity contribution in [2.45, 2.75) is 19.1 Å². The lowest BCUT2D eigenvalue weighted by atomic mass is 10.2. The van der Waals surface area contributed by atoms with Crippen LogP contribution in [0.4, 0.5) is 5.69 Å². The molecule has 1 fully saturated rings. The van der Waals surface area contributed by atoms with Crippen LogP contribution in [0, 0.1) is 6.92 Å². The lowest BCUT2D eigenvalue weighted by Gasteiger charge is -2.17. The van der Waals surface area contributed by atoms with E-state index in [0.29, 0.717) is 4.32 Å². The van der Waals surface area contributed by atoms with Crippen LogP contribution in [0.1, 0.15) is 12.5 Å². The first-order valence-corrected chi connectivity index (χ1v) is 6.00. The van der Waals surface area contributed by atoms with Crippen molar-refractivity contribution in [3.05, 3.63) is 29.8 Å². The maximum absolute atomic E-state index is 11.9. The fraction of sp³-hybridized carbons (Fsp3) is 0.273. The summed E-state index contributed by atoms with van der Waals surface area (Å²) in [7, 11) is 0. The quantitative estimate of drug-likeness (QED) is 0.700. The van der Waals surface area contributed by atoms with Gasteiger partial charge < -0.3 is 0 Å². The molecule has 1 aromatic rings. The predicted octanol–water partition coefficient (Wildman–Crippen LogP) is 2.75. The summed E-state index contributed by atoms with van der Waals surface area (Å²) in [6, 6.07) is 7.79. The maximum atomic E-state index is 11.9. The minimum atomic E-state index is -0.0582. The van der Waals surface area contributed by atoms with Gasteiger partial charge in [-0.15, -0.1) is 0 Å². The lowest BCUT2D eigenvalue weighted by Crippen LogP contribution is -2.30. The Kier molecular flexibility index (Phi) is 2.80. The molecule has 2 rings (SSSR count). The number of anilines is 1. The van der Waals surface area contributed by atoms with Gasteiger partial charge in [-0.3, -0.25) is 9.69 Å². The molecule has 0 N–H and O–H groups in total. The molecule has 1 heterocycles. The van der Waals surface area contributed by atoms with Crippen LogP contribution in [0.15, 0.2) is 24.3 Å². The molecule has 15 heavy (non-hydrogen) atoms. The number of rotatable bonds is 1. The molecule has 0 saturated carbocycles. The van der Waals surface area contributed by atoms with E-state index in [0.717, 1.165) is 11.3 Å². The van der Waals surface area contributed by atoms with Crippen molar-refractivity contribution in [3.8, 4) is 0 Å². The molecule has 1 saturated heterocycles. The number of hydrogen-bond acceptors (Lipinski definition) is 3. The van der Waals surface area contributed by atoms with Crippen molar-refractivity contribution in [1.29, 1.82) is 0 Å². The van der Waals surface area contributed by atoms with Gasteiger partial charge in [-0.1, -0.05) is 42.2 Å². The van der Waals surface area contributed by atoms with Gasteiger partial charge in [0.1, 0.15) is 4.32 Å². The number of benzene rings is 1. The molecule has 4 heteroatoms. The van der Waals surface area contributed by atoms with E-state index in [2.05, 4.69) is 0 Å². The zero-order chi connectivity index (χ0) is 11.0. The molecular formula is C11H11NOS2. The highest BCUT2D eigenvalue weighted by Crippen LogP contribution is 2.33. The number of nitrogens with zero attached hydrogens (tertiary/aromatic N) is 1. The molecule has 1 atom stereocenters. The monoisotopic (exact) mass is 237 g/mol. The van der Waals surface area contributed by atoms with E-state index >= 15 is 0 Å². The van der Waals surface area contributed by atoms with E-state index in [4.69, 9.17) is 12.2 Å². The number of aryl methyl sites for hydroxylation is 1.